The predicted molar refractivity (Wildman–Crippen MR) is 80.6 cm³/mol. The van der Waals surface area contributed by atoms with Gasteiger partial charge in [-0.1, -0.05) is 18.2 Å². The second kappa shape index (κ2) is 7.20. The summed E-state index contributed by atoms with van der Waals surface area (Å²) in [7, 11) is 1.64. The molecule has 0 aliphatic heterocycles. The number of aliphatic hydroxyl groups is 1. The quantitative estimate of drug-likeness (QED) is 0.858. The summed E-state index contributed by atoms with van der Waals surface area (Å²) in [4.78, 5) is 0. The number of hydrogen-bond donors (Lipinski definition) is 2. The fourth-order valence-corrected chi connectivity index (χ4v) is 2.14. The van der Waals surface area contributed by atoms with Gasteiger partial charge in [-0.05, 0) is 42.3 Å². The van der Waals surface area contributed by atoms with Crippen LogP contribution >= 0.6 is 0 Å². The van der Waals surface area contributed by atoms with Crippen LogP contribution < -0.4 is 10.1 Å². The van der Waals surface area contributed by atoms with Crippen molar-refractivity contribution in [3.63, 3.8) is 0 Å². The summed E-state index contributed by atoms with van der Waals surface area (Å²) in [5.74, 6) is 0.460. The maximum absolute atomic E-state index is 13.3. The normalized spacial score (nSPS) is 12.2. The summed E-state index contributed by atoms with van der Waals surface area (Å²) in [5, 5.41) is 12.5. The van der Waals surface area contributed by atoms with E-state index in [2.05, 4.69) is 12.2 Å². The Balaban J connectivity index is 1.98. The number of benzene rings is 2. The predicted octanol–water partition coefficient (Wildman–Crippen LogP) is 3.18. The first-order valence-electron chi connectivity index (χ1n) is 6.89. The number of rotatable bonds is 6. The molecule has 0 amide bonds. The van der Waals surface area contributed by atoms with Crippen molar-refractivity contribution in [3.05, 3.63) is 65.0 Å². The van der Waals surface area contributed by atoms with Crippen LogP contribution in [0.5, 0.6) is 5.75 Å². The Morgan fingerprint density at radius 3 is 2.52 bits per heavy atom. The fraction of sp³-hybridized carbons (Fsp3) is 0.294. The van der Waals surface area contributed by atoms with Crippen molar-refractivity contribution < 1.29 is 14.2 Å². The van der Waals surface area contributed by atoms with Crippen LogP contribution in [0, 0.1) is 5.82 Å². The van der Waals surface area contributed by atoms with Crippen molar-refractivity contribution >= 4 is 0 Å². The molecule has 1 unspecified atom stereocenters. The van der Waals surface area contributed by atoms with E-state index in [0.29, 0.717) is 12.1 Å². The van der Waals surface area contributed by atoms with Crippen LogP contribution in [0.3, 0.4) is 0 Å². The van der Waals surface area contributed by atoms with E-state index < -0.39 is 0 Å². The zero-order valence-electron chi connectivity index (χ0n) is 12.3. The van der Waals surface area contributed by atoms with E-state index in [4.69, 9.17) is 9.84 Å². The van der Waals surface area contributed by atoms with Crippen LogP contribution in [0.15, 0.2) is 42.5 Å². The number of halogens is 1. The average molecular weight is 289 g/mol. The van der Waals surface area contributed by atoms with E-state index in [-0.39, 0.29) is 18.5 Å². The molecule has 0 aromatic heterocycles. The van der Waals surface area contributed by atoms with Crippen molar-refractivity contribution in [3.8, 4) is 5.75 Å². The Morgan fingerprint density at radius 1 is 1.19 bits per heavy atom. The van der Waals surface area contributed by atoms with Crippen LogP contribution in [-0.2, 0) is 13.2 Å². The second-order valence-corrected chi connectivity index (χ2v) is 4.96. The smallest absolute Gasteiger partial charge is 0.128 e. The molecule has 4 heteroatoms. The van der Waals surface area contributed by atoms with E-state index in [1.54, 1.807) is 19.2 Å². The molecule has 21 heavy (non-hydrogen) atoms. The molecule has 0 bridgehead atoms. The minimum absolute atomic E-state index is 0.165. The Bertz CT molecular complexity index is 584. The lowest BCUT2D eigenvalue weighted by Crippen LogP contribution is -2.18. The van der Waals surface area contributed by atoms with Crippen molar-refractivity contribution in [2.24, 2.45) is 0 Å². The van der Waals surface area contributed by atoms with Gasteiger partial charge < -0.3 is 15.2 Å². The van der Waals surface area contributed by atoms with E-state index in [1.807, 2.05) is 24.3 Å². The molecule has 0 heterocycles. The number of ether oxygens (including phenoxy) is 1. The van der Waals surface area contributed by atoms with Gasteiger partial charge in [0.25, 0.3) is 0 Å². The highest BCUT2D eigenvalue weighted by Gasteiger charge is 2.07. The van der Waals surface area contributed by atoms with Gasteiger partial charge >= 0.3 is 0 Å². The van der Waals surface area contributed by atoms with E-state index in [0.717, 1.165) is 16.9 Å². The van der Waals surface area contributed by atoms with Gasteiger partial charge in [0.05, 0.1) is 13.7 Å². The van der Waals surface area contributed by atoms with Gasteiger partial charge in [-0.3, -0.25) is 0 Å². The van der Waals surface area contributed by atoms with Crippen molar-refractivity contribution in [2.45, 2.75) is 26.1 Å². The van der Waals surface area contributed by atoms with Crippen LogP contribution in [0.2, 0.25) is 0 Å². The Labute approximate surface area is 124 Å². The van der Waals surface area contributed by atoms with Gasteiger partial charge in [0.15, 0.2) is 0 Å². The highest BCUT2D eigenvalue weighted by Crippen LogP contribution is 2.18. The van der Waals surface area contributed by atoms with Gasteiger partial charge in [-0.2, -0.15) is 0 Å². The van der Waals surface area contributed by atoms with Gasteiger partial charge in [0.1, 0.15) is 11.6 Å². The third-order valence-electron chi connectivity index (χ3n) is 3.51. The first-order valence-corrected chi connectivity index (χ1v) is 6.89. The summed E-state index contributed by atoms with van der Waals surface area (Å²) >= 11 is 0. The van der Waals surface area contributed by atoms with Gasteiger partial charge in [-0.15, -0.1) is 0 Å². The van der Waals surface area contributed by atoms with Crippen LogP contribution in [0.25, 0.3) is 0 Å². The lowest BCUT2D eigenvalue weighted by atomic mass is 10.1. The lowest BCUT2D eigenvalue weighted by molar-refractivity contribution is 0.275. The zero-order valence-corrected chi connectivity index (χ0v) is 12.3. The summed E-state index contributed by atoms with van der Waals surface area (Å²) < 4.78 is 18.4. The van der Waals surface area contributed by atoms with E-state index >= 15 is 0 Å². The molecule has 0 radical (unpaired) electrons. The minimum atomic E-state index is -0.371. The minimum Gasteiger partial charge on any atom is -0.497 e. The molecule has 2 N–H and O–H groups in total. The number of methoxy groups -OCH3 is 1. The number of hydrogen-bond acceptors (Lipinski definition) is 3. The molecular formula is C17H20FNO2. The molecule has 3 nitrogen and oxygen atoms in total. The molecule has 2 rings (SSSR count). The van der Waals surface area contributed by atoms with Crippen molar-refractivity contribution in [2.75, 3.05) is 7.11 Å². The molecule has 2 aromatic rings. The first-order chi connectivity index (χ1) is 10.1. The lowest BCUT2D eigenvalue weighted by Gasteiger charge is -2.15. The second-order valence-electron chi connectivity index (χ2n) is 4.96. The standard InChI is InChI=1S/C17H20FNO2/c1-12(14-4-6-16(21-2)7-5-14)19-10-13-3-8-17(18)15(9-13)11-20/h3-9,12,19-20H,10-11H2,1-2H3. The fourth-order valence-electron chi connectivity index (χ4n) is 2.14. The maximum atomic E-state index is 13.3. The van der Waals surface area contributed by atoms with Crippen molar-refractivity contribution in [1.82, 2.24) is 5.32 Å². The Morgan fingerprint density at radius 2 is 1.90 bits per heavy atom. The average Bonchev–Trinajstić information content (AvgIpc) is 2.53. The summed E-state index contributed by atoms with van der Waals surface area (Å²) in [6.45, 7) is 2.40. The topological polar surface area (TPSA) is 41.5 Å². The van der Waals surface area contributed by atoms with Gasteiger partial charge in [0, 0.05) is 18.2 Å². The van der Waals surface area contributed by atoms with Crippen LogP contribution in [0.4, 0.5) is 4.39 Å². The first kappa shape index (κ1) is 15.5. The van der Waals surface area contributed by atoms with Crippen LogP contribution in [-0.4, -0.2) is 12.2 Å². The maximum Gasteiger partial charge on any atom is 0.128 e. The molecule has 1 atom stereocenters. The monoisotopic (exact) mass is 289 g/mol. The SMILES string of the molecule is COc1ccc(C(C)NCc2ccc(F)c(CO)c2)cc1. The third kappa shape index (κ3) is 4.03. The van der Waals surface area contributed by atoms with Crippen molar-refractivity contribution in [1.29, 1.82) is 0 Å². The molecule has 0 fully saturated rings. The Hall–Kier alpha value is -1.91. The largest absolute Gasteiger partial charge is 0.497 e. The summed E-state index contributed by atoms with van der Waals surface area (Å²) in [6.07, 6.45) is 0. The Kier molecular flexibility index (Phi) is 5.31. The van der Waals surface area contributed by atoms with Gasteiger partial charge in [0.2, 0.25) is 0 Å². The van der Waals surface area contributed by atoms with E-state index in [1.165, 1.54) is 6.07 Å². The molecule has 0 aliphatic rings. The van der Waals surface area contributed by atoms with E-state index in [9.17, 15) is 4.39 Å². The number of nitrogens with one attached hydrogen (secondary N) is 1. The molecule has 0 saturated carbocycles. The third-order valence-corrected chi connectivity index (χ3v) is 3.51. The molecule has 2 aromatic carbocycles. The van der Waals surface area contributed by atoms with Crippen LogP contribution in [0.1, 0.15) is 29.7 Å². The number of aliphatic hydroxyl groups excluding tert-OH is 1. The molecule has 0 aliphatic carbocycles. The molecule has 112 valence electrons. The molecule has 0 saturated heterocycles. The summed E-state index contributed by atoms with van der Waals surface area (Å²) in [5.41, 5.74) is 2.42. The molecular weight excluding hydrogens is 269 g/mol. The summed E-state index contributed by atoms with van der Waals surface area (Å²) in [6, 6.07) is 12.8. The van der Waals surface area contributed by atoms with Gasteiger partial charge in [-0.25, -0.2) is 4.39 Å². The highest BCUT2D eigenvalue weighted by atomic mass is 19.1. The highest BCUT2D eigenvalue weighted by molar-refractivity contribution is 5.29. The molecule has 0 spiro atoms. The zero-order chi connectivity index (χ0) is 15.2.